The van der Waals surface area contributed by atoms with Crippen LogP contribution in [0.1, 0.15) is 30.4 Å². The van der Waals surface area contributed by atoms with Gasteiger partial charge in [-0.15, -0.1) is 0 Å². The van der Waals surface area contributed by atoms with Gasteiger partial charge in [0.25, 0.3) is 0 Å². The smallest absolute Gasteiger partial charge is 0.319 e. The molecule has 27 heavy (non-hydrogen) atoms. The Hall–Kier alpha value is -2.91. The lowest BCUT2D eigenvalue weighted by Crippen LogP contribution is -2.47. The second-order valence-electron chi connectivity index (χ2n) is 6.74. The molecule has 2 aromatic rings. The van der Waals surface area contributed by atoms with Crippen molar-refractivity contribution in [1.29, 1.82) is 5.26 Å². The number of hydrogen-bond acceptors (Lipinski definition) is 3. The molecular formula is C21H23FN4O. The SMILES string of the molecule is N#Cc1ccc(F)c(CN2CCCC[C@@H]2CNC(=O)Nc2ccccc2)c1. The summed E-state index contributed by atoms with van der Waals surface area (Å²) in [7, 11) is 0. The fourth-order valence-corrected chi connectivity index (χ4v) is 3.39. The maximum Gasteiger partial charge on any atom is 0.319 e. The number of piperidine rings is 1. The molecule has 1 aliphatic heterocycles. The predicted molar refractivity (Wildman–Crippen MR) is 103 cm³/mol. The lowest BCUT2D eigenvalue weighted by Gasteiger charge is -2.36. The molecule has 1 heterocycles. The van der Waals surface area contributed by atoms with E-state index in [4.69, 9.17) is 5.26 Å². The van der Waals surface area contributed by atoms with Gasteiger partial charge < -0.3 is 10.6 Å². The van der Waals surface area contributed by atoms with E-state index >= 15 is 0 Å². The molecule has 2 N–H and O–H groups in total. The van der Waals surface area contributed by atoms with E-state index in [9.17, 15) is 9.18 Å². The Morgan fingerprint density at radius 1 is 1.22 bits per heavy atom. The zero-order valence-electron chi connectivity index (χ0n) is 15.1. The van der Waals surface area contributed by atoms with Crippen LogP contribution in [0.5, 0.6) is 0 Å². The number of amides is 2. The monoisotopic (exact) mass is 366 g/mol. The number of hydrogen-bond donors (Lipinski definition) is 2. The Balaban J connectivity index is 1.59. The Morgan fingerprint density at radius 2 is 2.04 bits per heavy atom. The molecule has 1 fully saturated rings. The molecule has 0 spiro atoms. The first kappa shape index (κ1) is 18.9. The molecule has 140 valence electrons. The van der Waals surface area contributed by atoms with E-state index in [1.165, 1.54) is 12.1 Å². The van der Waals surface area contributed by atoms with Crippen LogP contribution >= 0.6 is 0 Å². The van der Waals surface area contributed by atoms with Crippen molar-refractivity contribution in [2.24, 2.45) is 0 Å². The van der Waals surface area contributed by atoms with E-state index in [2.05, 4.69) is 21.6 Å². The third-order valence-electron chi connectivity index (χ3n) is 4.83. The highest BCUT2D eigenvalue weighted by Crippen LogP contribution is 2.21. The molecule has 1 aliphatic rings. The first-order valence-corrected chi connectivity index (χ1v) is 9.18. The molecule has 2 aromatic carbocycles. The normalized spacial score (nSPS) is 17.1. The molecule has 0 radical (unpaired) electrons. The van der Waals surface area contributed by atoms with Crippen LogP contribution in [0, 0.1) is 17.1 Å². The third-order valence-corrected chi connectivity index (χ3v) is 4.83. The van der Waals surface area contributed by atoms with Gasteiger partial charge >= 0.3 is 6.03 Å². The molecule has 0 saturated carbocycles. The molecule has 0 bridgehead atoms. The number of para-hydroxylation sites is 1. The predicted octanol–water partition coefficient (Wildman–Crippen LogP) is 3.87. The van der Waals surface area contributed by atoms with Gasteiger partial charge in [0.15, 0.2) is 0 Å². The number of nitrogens with one attached hydrogen (secondary N) is 2. The quantitative estimate of drug-likeness (QED) is 0.844. The third kappa shape index (κ3) is 5.28. The largest absolute Gasteiger partial charge is 0.336 e. The Morgan fingerprint density at radius 3 is 2.81 bits per heavy atom. The number of anilines is 1. The van der Waals surface area contributed by atoms with Crippen molar-refractivity contribution in [3.8, 4) is 6.07 Å². The fraction of sp³-hybridized carbons (Fsp3) is 0.333. The molecule has 2 amide bonds. The number of nitrogens with zero attached hydrogens (tertiary/aromatic N) is 2. The van der Waals surface area contributed by atoms with E-state index in [1.807, 2.05) is 30.3 Å². The van der Waals surface area contributed by atoms with Crippen molar-refractivity contribution in [2.45, 2.75) is 31.8 Å². The summed E-state index contributed by atoms with van der Waals surface area (Å²) in [5, 5.41) is 14.8. The van der Waals surface area contributed by atoms with Crippen LogP contribution in [0.3, 0.4) is 0 Å². The second kappa shape index (κ2) is 9.15. The van der Waals surface area contributed by atoms with Gasteiger partial charge in [-0.25, -0.2) is 9.18 Å². The number of benzene rings is 2. The van der Waals surface area contributed by atoms with Gasteiger partial charge in [-0.2, -0.15) is 5.26 Å². The number of rotatable bonds is 5. The Kier molecular flexibility index (Phi) is 6.39. The van der Waals surface area contributed by atoms with Crippen LogP contribution in [0.25, 0.3) is 0 Å². The number of likely N-dealkylation sites (tertiary alicyclic amines) is 1. The van der Waals surface area contributed by atoms with Crippen LogP contribution in [0.15, 0.2) is 48.5 Å². The van der Waals surface area contributed by atoms with Crippen molar-refractivity contribution >= 4 is 11.7 Å². The first-order chi connectivity index (χ1) is 13.2. The van der Waals surface area contributed by atoms with E-state index < -0.39 is 0 Å². The van der Waals surface area contributed by atoms with Crippen molar-refractivity contribution in [3.63, 3.8) is 0 Å². The molecule has 5 nitrogen and oxygen atoms in total. The van der Waals surface area contributed by atoms with E-state index in [1.54, 1.807) is 6.07 Å². The molecule has 1 atom stereocenters. The van der Waals surface area contributed by atoms with Crippen molar-refractivity contribution in [2.75, 3.05) is 18.4 Å². The van der Waals surface area contributed by atoms with Gasteiger partial charge in [-0.3, -0.25) is 4.90 Å². The molecule has 6 heteroatoms. The summed E-state index contributed by atoms with van der Waals surface area (Å²) in [6.45, 7) is 1.79. The van der Waals surface area contributed by atoms with Crippen molar-refractivity contribution in [3.05, 3.63) is 65.5 Å². The molecular weight excluding hydrogens is 343 g/mol. The molecule has 1 saturated heterocycles. The highest BCUT2D eigenvalue weighted by molar-refractivity contribution is 5.89. The minimum Gasteiger partial charge on any atom is -0.336 e. The van der Waals surface area contributed by atoms with Crippen LogP contribution < -0.4 is 10.6 Å². The summed E-state index contributed by atoms with van der Waals surface area (Å²) in [5.74, 6) is -0.298. The summed E-state index contributed by atoms with van der Waals surface area (Å²) in [6, 6.07) is 15.7. The zero-order chi connectivity index (χ0) is 19.1. The minimum absolute atomic E-state index is 0.144. The lowest BCUT2D eigenvalue weighted by atomic mass is 10.0. The highest BCUT2D eigenvalue weighted by Gasteiger charge is 2.24. The molecule has 0 aromatic heterocycles. The number of carbonyl (C=O) groups excluding carboxylic acids is 1. The summed E-state index contributed by atoms with van der Waals surface area (Å²) < 4.78 is 14.1. The van der Waals surface area contributed by atoms with E-state index in [-0.39, 0.29) is 17.9 Å². The van der Waals surface area contributed by atoms with Crippen molar-refractivity contribution in [1.82, 2.24) is 10.2 Å². The van der Waals surface area contributed by atoms with E-state index in [0.29, 0.717) is 24.2 Å². The average Bonchev–Trinajstić information content (AvgIpc) is 2.70. The summed E-state index contributed by atoms with van der Waals surface area (Å²) in [4.78, 5) is 14.3. The maximum atomic E-state index is 14.1. The van der Waals surface area contributed by atoms with Crippen LogP contribution in [0.2, 0.25) is 0 Å². The van der Waals surface area contributed by atoms with Crippen LogP contribution in [-0.2, 0) is 6.54 Å². The average molecular weight is 366 g/mol. The summed E-state index contributed by atoms with van der Waals surface area (Å²) >= 11 is 0. The topological polar surface area (TPSA) is 68.2 Å². The van der Waals surface area contributed by atoms with Gasteiger partial charge in [0.05, 0.1) is 11.6 Å². The minimum atomic E-state index is -0.298. The molecule has 3 rings (SSSR count). The second-order valence-corrected chi connectivity index (χ2v) is 6.74. The number of nitriles is 1. The summed E-state index contributed by atoms with van der Waals surface area (Å²) in [6.07, 6.45) is 3.08. The fourth-order valence-electron chi connectivity index (χ4n) is 3.39. The number of urea groups is 1. The number of carbonyl (C=O) groups is 1. The van der Waals surface area contributed by atoms with Gasteiger partial charge in [0.2, 0.25) is 0 Å². The molecule has 0 aliphatic carbocycles. The highest BCUT2D eigenvalue weighted by atomic mass is 19.1. The Bertz CT molecular complexity index is 819. The van der Waals surface area contributed by atoms with Gasteiger partial charge in [-0.1, -0.05) is 24.6 Å². The standard InChI is InChI=1S/C21H23FN4O/c22-20-10-9-16(13-23)12-17(20)15-26-11-5-4-8-19(26)14-24-21(27)25-18-6-2-1-3-7-18/h1-3,6-7,9-10,12,19H,4-5,8,11,14-15H2,(H2,24,25,27)/t19-/m1/s1. The van der Waals surface area contributed by atoms with Crippen LogP contribution in [-0.4, -0.2) is 30.1 Å². The summed E-state index contributed by atoms with van der Waals surface area (Å²) in [5.41, 5.74) is 1.72. The maximum absolute atomic E-state index is 14.1. The lowest BCUT2D eigenvalue weighted by molar-refractivity contribution is 0.137. The van der Waals surface area contributed by atoms with Gasteiger partial charge in [-0.05, 0) is 49.7 Å². The van der Waals surface area contributed by atoms with Gasteiger partial charge in [0, 0.05) is 30.4 Å². The molecule has 0 unspecified atom stereocenters. The van der Waals surface area contributed by atoms with Crippen LogP contribution in [0.4, 0.5) is 14.9 Å². The van der Waals surface area contributed by atoms with Crippen molar-refractivity contribution < 1.29 is 9.18 Å². The van der Waals surface area contributed by atoms with Gasteiger partial charge in [0.1, 0.15) is 5.82 Å². The first-order valence-electron chi connectivity index (χ1n) is 9.18. The van der Waals surface area contributed by atoms with E-state index in [0.717, 1.165) is 31.5 Å². The Labute approximate surface area is 158 Å². The number of halogens is 1. The zero-order valence-corrected chi connectivity index (χ0v) is 15.1.